The Morgan fingerprint density at radius 1 is 1.54 bits per heavy atom. The van der Waals surface area contributed by atoms with Crippen LogP contribution in [0.4, 0.5) is 8.78 Å². The predicted octanol–water partition coefficient (Wildman–Crippen LogP) is 1.80. The van der Waals surface area contributed by atoms with Gasteiger partial charge in [0.15, 0.2) is 0 Å². The average molecular weight is 193 g/mol. The Morgan fingerprint density at radius 3 is 2.92 bits per heavy atom. The largest absolute Gasteiger partial charge is 0.378 e. The molecule has 0 amide bonds. The summed E-state index contributed by atoms with van der Waals surface area (Å²) in [6.45, 7) is 2.56. The zero-order chi connectivity index (χ0) is 9.68. The van der Waals surface area contributed by atoms with Crippen LogP contribution >= 0.6 is 0 Å². The van der Waals surface area contributed by atoms with E-state index in [9.17, 15) is 8.78 Å². The van der Waals surface area contributed by atoms with Gasteiger partial charge in [-0.1, -0.05) is 6.92 Å². The van der Waals surface area contributed by atoms with E-state index in [1.807, 2.05) is 0 Å². The summed E-state index contributed by atoms with van der Waals surface area (Å²) in [5.74, 6) is 0. The molecule has 0 aromatic heterocycles. The van der Waals surface area contributed by atoms with Crippen LogP contribution in [0.5, 0.6) is 0 Å². The van der Waals surface area contributed by atoms with Crippen molar-refractivity contribution in [2.75, 3.05) is 13.2 Å². The Balaban J connectivity index is 2.18. The van der Waals surface area contributed by atoms with Crippen molar-refractivity contribution in [3.63, 3.8) is 0 Å². The molecule has 0 aromatic rings. The molecule has 1 saturated heterocycles. The molecule has 1 aliphatic heterocycles. The lowest BCUT2D eigenvalue weighted by Crippen LogP contribution is -2.40. The maximum atomic E-state index is 11.9. The van der Waals surface area contributed by atoms with Crippen molar-refractivity contribution < 1.29 is 13.5 Å². The first-order valence-corrected chi connectivity index (χ1v) is 4.85. The van der Waals surface area contributed by atoms with Gasteiger partial charge in [-0.2, -0.15) is 0 Å². The van der Waals surface area contributed by atoms with E-state index in [0.29, 0.717) is 6.61 Å². The van der Waals surface area contributed by atoms with E-state index in [4.69, 9.17) is 4.74 Å². The van der Waals surface area contributed by atoms with Gasteiger partial charge in [-0.05, 0) is 19.3 Å². The molecule has 1 N–H and O–H groups in total. The van der Waals surface area contributed by atoms with Crippen LogP contribution in [0.1, 0.15) is 26.2 Å². The van der Waals surface area contributed by atoms with Crippen molar-refractivity contribution in [2.45, 2.75) is 44.8 Å². The van der Waals surface area contributed by atoms with E-state index in [2.05, 4.69) is 12.2 Å². The van der Waals surface area contributed by atoms with Gasteiger partial charge in [0, 0.05) is 12.6 Å². The molecular weight excluding hydrogens is 176 g/mol. The van der Waals surface area contributed by atoms with Gasteiger partial charge >= 0.3 is 0 Å². The normalized spacial score (nSPS) is 29.5. The van der Waals surface area contributed by atoms with Gasteiger partial charge in [0.05, 0.1) is 12.6 Å². The molecule has 0 bridgehead atoms. The summed E-state index contributed by atoms with van der Waals surface area (Å²) in [5.41, 5.74) is 0. The standard InChI is InChI=1S/C9H17F2NO/c1-2-8-5-7(3-4-13-8)12-6-9(10)11/h7-9,12H,2-6H2,1H3. The van der Waals surface area contributed by atoms with Crippen molar-refractivity contribution in [2.24, 2.45) is 0 Å². The van der Waals surface area contributed by atoms with Crippen LogP contribution in [0.2, 0.25) is 0 Å². The number of hydrogen-bond acceptors (Lipinski definition) is 2. The Labute approximate surface area is 77.6 Å². The second-order valence-electron chi connectivity index (χ2n) is 3.42. The fourth-order valence-corrected chi connectivity index (χ4v) is 1.61. The number of hydrogen-bond donors (Lipinski definition) is 1. The minimum Gasteiger partial charge on any atom is -0.378 e. The minimum atomic E-state index is -2.25. The lowest BCUT2D eigenvalue weighted by atomic mass is 10.0. The van der Waals surface area contributed by atoms with Crippen LogP contribution in [0, 0.1) is 0 Å². The fourth-order valence-electron chi connectivity index (χ4n) is 1.61. The summed E-state index contributed by atoms with van der Waals surface area (Å²) in [4.78, 5) is 0. The molecule has 2 nitrogen and oxygen atoms in total. The van der Waals surface area contributed by atoms with Gasteiger partial charge in [-0.15, -0.1) is 0 Å². The van der Waals surface area contributed by atoms with Crippen molar-refractivity contribution >= 4 is 0 Å². The predicted molar refractivity (Wildman–Crippen MR) is 47.1 cm³/mol. The summed E-state index contributed by atoms with van der Waals surface area (Å²) < 4.78 is 29.2. The second kappa shape index (κ2) is 5.50. The molecule has 0 aliphatic carbocycles. The molecule has 1 fully saturated rings. The Bertz CT molecular complexity index is 144. The molecule has 0 spiro atoms. The van der Waals surface area contributed by atoms with Gasteiger partial charge in [-0.3, -0.25) is 0 Å². The minimum absolute atomic E-state index is 0.193. The number of rotatable bonds is 4. The van der Waals surface area contributed by atoms with Gasteiger partial charge in [-0.25, -0.2) is 8.78 Å². The molecule has 0 radical (unpaired) electrons. The van der Waals surface area contributed by atoms with Crippen molar-refractivity contribution in [3.05, 3.63) is 0 Å². The molecule has 4 heteroatoms. The third-order valence-corrected chi connectivity index (χ3v) is 2.38. The third kappa shape index (κ3) is 4.00. The van der Waals surface area contributed by atoms with Crippen LogP contribution in [-0.4, -0.2) is 31.7 Å². The average Bonchev–Trinajstić information content (AvgIpc) is 2.15. The summed E-state index contributed by atoms with van der Waals surface area (Å²) in [7, 11) is 0. The zero-order valence-corrected chi connectivity index (χ0v) is 7.93. The van der Waals surface area contributed by atoms with Gasteiger partial charge in [0.1, 0.15) is 0 Å². The molecule has 1 rings (SSSR count). The first kappa shape index (κ1) is 10.9. The number of alkyl halides is 2. The SMILES string of the molecule is CCC1CC(NCC(F)F)CCO1. The fraction of sp³-hybridized carbons (Fsp3) is 1.00. The maximum Gasteiger partial charge on any atom is 0.250 e. The molecule has 0 aromatic carbocycles. The van der Waals surface area contributed by atoms with Gasteiger partial charge in [0.25, 0.3) is 6.43 Å². The lowest BCUT2D eigenvalue weighted by molar-refractivity contribution is -0.00284. The highest BCUT2D eigenvalue weighted by atomic mass is 19.3. The lowest BCUT2D eigenvalue weighted by Gasteiger charge is -2.29. The Hall–Kier alpha value is -0.220. The van der Waals surface area contributed by atoms with E-state index >= 15 is 0 Å². The number of halogens is 2. The number of nitrogens with one attached hydrogen (secondary N) is 1. The van der Waals surface area contributed by atoms with Crippen molar-refractivity contribution in [1.82, 2.24) is 5.32 Å². The van der Waals surface area contributed by atoms with E-state index in [1.165, 1.54) is 0 Å². The monoisotopic (exact) mass is 193 g/mol. The van der Waals surface area contributed by atoms with E-state index in [1.54, 1.807) is 0 Å². The smallest absolute Gasteiger partial charge is 0.250 e. The van der Waals surface area contributed by atoms with E-state index in [-0.39, 0.29) is 18.7 Å². The Morgan fingerprint density at radius 2 is 2.31 bits per heavy atom. The van der Waals surface area contributed by atoms with Gasteiger partial charge in [0.2, 0.25) is 0 Å². The van der Waals surface area contributed by atoms with E-state index < -0.39 is 6.43 Å². The molecule has 13 heavy (non-hydrogen) atoms. The van der Waals surface area contributed by atoms with Crippen LogP contribution in [0.3, 0.4) is 0 Å². The molecule has 78 valence electrons. The summed E-state index contributed by atoms with van der Waals surface area (Å²) in [5, 5.41) is 2.86. The molecule has 2 atom stereocenters. The first-order chi connectivity index (χ1) is 6.22. The number of ether oxygens (including phenoxy) is 1. The molecular formula is C9H17F2NO. The first-order valence-electron chi connectivity index (χ1n) is 4.85. The van der Waals surface area contributed by atoms with Crippen molar-refractivity contribution in [1.29, 1.82) is 0 Å². The molecule has 2 unspecified atom stereocenters. The highest BCUT2D eigenvalue weighted by molar-refractivity contribution is 4.76. The highest BCUT2D eigenvalue weighted by Gasteiger charge is 2.21. The second-order valence-corrected chi connectivity index (χ2v) is 3.42. The Kier molecular flexibility index (Phi) is 4.59. The highest BCUT2D eigenvalue weighted by Crippen LogP contribution is 2.16. The van der Waals surface area contributed by atoms with Crippen LogP contribution in [0.25, 0.3) is 0 Å². The molecule has 1 heterocycles. The van der Waals surface area contributed by atoms with Crippen LogP contribution in [0.15, 0.2) is 0 Å². The molecule has 1 aliphatic rings. The van der Waals surface area contributed by atoms with Gasteiger partial charge < -0.3 is 10.1 Å². The summed E-state index contributed by atoms with van der Waals surface area (Å²) >= 11 is 0. The maximum absolute atomic E-state index is 11.9. The topological polar surface area (TPSA) is 21.3 Å². The quantitative estimate of drug-likeness (QED) is 0.735. The third-order valence-electron chi connectivity index (χ3n) is 2.38. The van der Waals surface area contributed by atoms with Crippen molar-refractivity contribution in [3.8, 4) is 0 Å². The van der Waals surface area contributed by atoms with Crippen LogP contribution in [-0.2, 0) is 4.74 Å². The summed E-state index contributed by atoms with van der Waals surface area (Å²) in [6.07, 6.45) is 0.686. The van der Waals surface area contributed by atoms with E-state index in [0.717, 1.165) is 19.3 Å². The zero-order valence-electron chi connectivity index (χ0n) is 7.93. The van der Waals surface area contributed by atoms with Crippen LogP contribution < -0.4 is 5.32 Å². The molecule has 0 saturated carbocycles. The summed E-state index contributed by atoms with van der Waals surface area (Å²) in [6, 6.07) is 0.215.